The summed E-state index contributed by atoms with van der Waals surface area (Å²) in [6.45, 7) is 6.04. The summed E-state index contributed by atoms with van der Waals surface area (Å²) >= 11 is 0. The van der Waals surface area contributed by atoms with Crippen LogP contribution in [0.3, 0.4) is 0 Å². The molecule has 0 aromatic heterocycles. The fourth-order valence-corrected chi connectivity index (χ4v) is 3.79. The van der Waals surface area contributed by atoms with Crippen molar-refractivity contribution in [2.45, 2.75) is 26.1 Å². The number of morpholine rings is 1. The number of nitrogens with one attached hydrogen (secondary N) is 2. The van der Waals surface area contributed by atoms with Crippen LogP contribution in [0.4, 0.5) is 17.1 Å². The molecule has 172 valence electrons. The van der Waals surface area contributed by atoms with E-state index in [-0.39, 0.29) is 37.1 Å². The number of hydrogen-bond donors (Lipinski definition) is 2. The van der Waals surface area contributed by atoms with Gasteiger partial charge in [0.2, 0.25) is 11.8 Å². The number of carbonyl (C=O) groups excluding carboxylic acids is 2. The zero-order valence-corrected chi connectivity index (χ0v) is 19.1. The van der Waals surface area contributed by atoms with Crippen LogP contribution in [-0.2, 0) is 14.3 Å². The number of methoxy groups -OCH3 is 1. The maximum absolute atomic E-state index is 12.4. The highest BCUT2D eigenvalue weighted by atomic mass is 16.5. The van der Waals surface area contributed by atoms with E-state index in [1.165, 1.54) is 0 Å². The molecule has 0 aliphatic carbocycles. The number of nitrogens with zero attached hydrogens (tertiary/aromatic N) is 2. The largest absolute Gasteiger partial charge is 0.497 e. The van der Waals surface area contributed by atoms with Crippen LogP contribution < -0.4 is 20.3 Å². The second-order valence-electron chi connectivity index (χ2n) is 8.21. The molecule has 0 bridgehead atoms. The molecule has 1 saturated heterocycles. The smallest absolute Gasteiger partial charge is 0.238 e. The van der Waals surface area contributed by atoms with E-state index < -0.39 is 0 Å². The van der Waals surface area contributed by atoms with Gasteiger partial charge in [0.1, 0.15) is 5.75 Å². The van der Waals surface area contributed by atoms with Gasteiger partial charge < -0.3 is 25.0 Å². The second kappa shape index (κ2) is 11.0. The Bertz CT molecular complexity index is 908. The lowest BCUT2D eigenvalue weighted by Gasteiger charge is -2.36. The summed E-state index contributed by atoms with van der Waals surface area (Å²) < 4.78 is 10.9. The van der Waals surface area contributed by atoms with Crippen LogP contribution in [0.2, 0.25) is 0 Å². The van der Waals surface area contributed by atoms with Crippen molar-refractivity contribution < 1.29 is 19.1 Å². The quantitative estimate of drug-likeness (QED) is 0.657. The Morgan fingerprint density at radius 3 is 2.19 bits per heavy atom. The molecule has 1 heterocycles. The highest BCUT2D eigenvalue weighted by molar-refractivity contribution is 5.94. The molecule has 8 nitrogen and oxygen atoms in total. The molecule has 2 atom stereocenters. The minimum atomic E-state index is -0.202. The predicted molar refractivity (Wildman–Crippen MR) is 126 cm³/mol. The summed E-state index contributed by atoms with van der Waals surface area (Å²) in [6, 6.07) is 14.9. The summed E-state index contributed by atoms with van der Waals surface area (Å²) in [4.78, 5) is 28.6. The summed E-state index contributed by atoms with van der Waals surface area (Å²) in [7, 11) is 3.30. The van der Waals surface area contributed by atoms with E-state index in [1.54, 1.807) is 43.3 Å². The average molecular weight is 441 g/mol. The third-order valence-corrected chi connectivity index (χ3v) is 5.12. The van der Waals surface area contributed by atoms with Gasteiger partial charge in [-0.15, -0.1) is 0 Å². The Morgan fingerprint density at radius 1 is 1.00 bits per heavy atom. The SMILES string of the molecule is COc1cccc(NC(=O)CN(C)CC(=O)Nc2ccc(N3CC(C)OC(C)C3)cc2)c1. The molecule has 3 rings (SSSR count). The maximum Gasteiger partial charge on any atom is 0.238 e. The standard InChI is InChI=1S/C24H32N4O4/c1-17-13-28(14-18(2)32-17)21-10-8-19(9-11-21)25-23(29)15-27(3)16-24(30)26-20-6-5-7-22(12-20)31-4/h5-12,17-18H,13-16H2,1-4H3,(H,25,29)(H,26,30). The van der Waals surface area contributed by atoms with Gasteiger partial charge in [-0.3, -0.25) is 14.5 Å². The summed E-state index contributed by atoms with van der Waals surface area (Å²) in [5.41, 5.74) is 2.48. The van der Waals surface area contributed by atoms with Gasteiger partial charge >= 0.3 is 0 Å². The van der Waals surface area contributed by atoms with E-state index in [1.807, 2.05) is 24.3 Å². The average Bonchev–Trinajstić information content (AvgIpc) is 2.73. The minimum Gasteiger partial charge on any atom is -0.497 e. The number of anilines is 3. The third kappa shape index (κ3) is 6.96. The fourth-order valence-electron chi connectivity index (χ4n) is 3.79. The Hall–Kier alpha value is -3.10. The first-order valence-corrected chi connectivity index (χ1v) is 10.7. The van der Waals surface area contributed by atoms with Gasteiger partial charge in [0, 0.05) is 36.2 Å². The van der Waals surface area contributed by atoms with Crippen LogP contribution in [0.1, 0.15) is 13.8 Å². The van der Waals surface area contributed by atoms with Gasteiger partial charge in [-0.2, -0.15) is 0 Å². The van der Waals surface area contributed by atoms with Crippen molar-refractivity contribution >= 4 is 28.9 Å². The van der Waals surface area contributed by atoms with E-state index in [0.717, 1.165) is 24.5 Å². The van der Waals surface area contributed by atoms with Crippen molar-refractivity contribution in [3.05, 3.63) is 48.5 Å². The first kappa shape index (κ1) is 23.6. The van der Waals surface area contributed by atoms with Gasteiger partial charge in [0.05, 0.1) is 32.4 Å². The predicted octanol–water partition coefficient (Wildman–Crippen LogP) is 2.82. The zero-order valence-electron chi connectivity index (χ0n) is 19.1. The fraction of sp³-hybridized carbons (Fsp3) is 0.417. The number of carbonyl (C=O) groups is 2. The Balaban J connectivity index is 1.45. The molecular formula is C24H32N4O4. The molecule has 0 spiro atoms. The van der Waals surface area contributed by atoms with Crippen molar-refractivity contribution in [2.24, 2.45) is 0 Å². The van der Waals surface area contributed by atoms with Gasteiger partial charge in [0.25, 0.3) is 0 Å². The van der Waals surface area contributed by atoms with Crippen LogP contribution >= 0.6 is 0 Å². The minimum absolute atomic E-state index is 0.0942. The summed E-state index contributed by atoms with van der Waals surface area (Å²) in [5, 5.41) is 5.69. The van der Waals surface area contributed by atoms with Crippen LogP contribution in [0, 0.1) is 0 Å². The van der Waals surface area contributed by atoms with Crippen molar-refractivity contribution in [1.82, 2.24) is 4.90 Å². The Morgan fingerprint density at radius 2 is 1.59 bits per heavy atom. The number of likely N-dealkylation sites (N-methyl/N-ethyl adjacent to an activating group) is 1. The highest BCUT2D eigenvalue weighted by Crippen LogP contribution is 2.22. The van der Waals surface area contributed by atoms with Crippen molar-refractivity contribution in [3.8, 4) is 5.75 Å². The number of benzene rings is 2. The van der Waals surface area contributed by atoms with Gasteiger partial charge in [-0.25, -0.2) is 0 Å². The number of hydrogen-bond acceptors (Lipinski definition) is 6. The lowest BCUT2D eigenvalue weighted by atomic mass is 10.2. The summed E-state index contributed by atoms with van der Waals surface area (Å²) in [5.74, 6) is 0.286. The van der Waals surface area contributed by atoms with Crippen LogP contribution in [0.25, 0.3) is 0 Å². The first-order chi connectivity index (χ1) is 15.3. The normalized spacial score (nSPS) is 18.3. The van der Waals surface area contributed by atoms with Crippen LogP contribution in [0.15, 0.2) is 48.5 Å². The molecule has 1 fully saturated rings. The molecule has 0 radical (unpaired) electrons. The van der Waals surface area contributed by atoms with Crippen LogP contribution in [0.5, 0.6) is 5.75 Å². The molecule has 2 aromatic rings. The van der Waals surface area contributed by atoms with Crippen LogP contribution in [-0.4, -0.2) is 69.3 Å². The molecule has 2 amide bonds. The molecule has 2 unspecified atom stereocenters. The Labute approximate surface area is 189 Å². The molecule has 1 aliphatic heterocycles. The van der Waals surface area contributed by atoms with Gasteiger partial charge in [0.15, 0.2) is 0 Å². The first-order valence-electron chi connectivity index (χ1n) is 10.7. The van der Waals surface area contributed by atoms with Crippen molar-refractivity contribution in [1.29, 1.82) is 0 Å². The maximum atomic E-state index is 12.4. The number of ether oxygens (including phenoxy) is 2. The van der Waals surface area contributed by atoms with E-state index in [2.05, 4.69) is 29.4 Å². The lowest BCUT2D eigenvalue weighted by molar-refractivity contribution is -0.119. The topological polar surface area (TPSA) is 83.1 Å². The van der Waals surface area contributed by atoms with E-state index in [4.69, 9.17) is 9.47 Å². The second-order valence-corrected chi connectivity index (χ2v) is 8.21. The van der Waals surface area contributed by atoms with Crippen molar-refractivity contribution in [3.63, 3.8) is 0 Å². The van der Waals surface area contributed by atoms with E-state index in [9.17, 15) is 9.59 Å². The third-order valence-electron chi connectivity index (χ3n) is 5.12. The Kier molecular flexibility index (Phi) is 8.08. The molecule has 2 aromatic carbocycles. The molecule has 32 heavy (non-hydrogen) atoms. The number of amides is 2. The summed E-state index contributed by atoms with van der Waals surface area (Å²) in [6.07, 6.45) is 0.379. The lowest BCUT2D eigenvalue weighted by Crippen LogP contribution is -2.45. The highest BCUT2D eigenvalue weighted by Gasteiger charge is 2.22. The molecule has 2 N–H and O–H groups in total. The van der Waals surface area contributed by atoms with Gasteiger partial charge in [-0.1, -0.05) is 6.07 Å². The van der Waals surface area contributed by atoms with Gasteiger partial charge in [-0.05, 0) is 57.3 Å². The van der Waals surface area contributed by atoms with Crippen molar-refractivity contribution in [2.75, 3.05) is 55.9 Å². The monoisotopic (exact) mass is 440 g/mol. The van der Waals surface area contributed by atoms with E-state index >= 15 is 0 Å². The van der Waals surface area contributed by atoms with E-state index in [0.29, 0.717) is 11.4 Å². The molecule has 8 heteroatoms. The zero-order chi connectivity index (χ0) is 23.1. The molecule has 0 saturated carbocycles. The molecular weight excluding hydrogens is 408 g/mol. The molecule has 1 aliphatic rings. The number of rotatable bonds is 8.